The first-order chi connectivity index (χ1) is 24.8. The largest absolute Gasteiger partial charge is 0.380 e. The normalized spacial score (nSPS) is 17.1. The number of piperidine rings is 2. The Morgan fingerprint density at radius 3 is 2.49 bits per heavy atom. The molecule has 3 aliphatic heterocycles. The Morgan fingerprint density at radius 2 is 1.80 bits per heavy atom. The second-order valence-corrected chi connectivity index (χ2v) is 13.1. The molecule has 51 heavy (non-hydrogen) atoms. The van der Waals surface area contributed by atoms with E-state index in [0.717, 1.165) is 67.0 Å². The molecular weight excluding hydrogens is 648 g/mol. The second kappa shape index (κ2) is 16.0. The maximum absolute atomic E-state index is 13.5. The Kier molecular flexibility index (Phi) is 11.1. The molecule has 3 aliphatic rings. The number of nitrogens with zero attached hydrogens (tertiary/aromatic N) is 6. The number of fused-ring (bicyclic) bond motifs is 1. The monoisotopic (exact) mass is 692 g/mol. The van der Waals surface area contributed by atoms with Crippen molar-refractivity contribution in [2.24, 2.45) is 5.92 Å². The van der Waals surface area contributed by atoms with Crippen LogP contribution in [-0.4, -0.2) is 93.7 Å². The van der Waals surface area contributed by atoms with Crippen molar-refractivity contribution in [3.8, 4) is 11.8 Å². The van der Waals surface area contributed by atoms with Gasteiger partial charge in [0.05, 0.1) is 23.4 Å². The number of hydrogen-bond donors (Lipinski definition) is 2. The Morgan fingerprint density at radius 1 is 1.02 bits per heavy atom. The first kappa shape index (κ1) is 35.3. The van der Waals surface area contributed by atoms with E-state index >= 15 is 0 Å². The SMILES string of the molecule is CCC#Cc1ccc(N2CCC(C(=O)N3CCC(n4cc(CNc5cccc6c5C(=O)N(C(CCC=O)C(=O)NC)C6=O)cn4)CC3)CC2)nc1. The number of likely N-dealkylation sites (N-methyl/N-ethyl adjacent to an activating group) is 1. The van der Waals surface area contributed by atoms with Gasteiger partial charge in [-0.1, -0.05) is 24.8 Å². The summed E-state index contributed by atoms with van der Waals surface area (Å²) in [6.07, 6.45) is 10.4. The maximum atomic E-state index is 13.5. The number of rotatable bonds is 11. The van der Waals surface area contributed by atoms with Crippen molar-refractivity contribution in [3.63, 3.8) is 0 Å². The lowest BCUT2D eigenvalue weighted by molar-refractivity contribution is -0.137. The van der Waals surface area contributed by atoms with Crippen molar-refractivity contribution in [1.82, 2.24) is 29.9 Å². The average molecular weight is 693 g/mol. The highest BCUT2D eigenvalue weighted by Crippen LogP contribution is 2.32. The summed E-state index contributed by atoms with van der Waals surface area (Å²) >= 11 is 0. The molecule has 4 amide bonds. The van der Waals surface area contributed by atoms with Gasteiger partial charge in [-0.05, 0) is 56.4 Å². The van der Waals surface area contributed by atoms with Gasteiger partial charge >= 0.3 is 0 Å². The van der Waals surface area contributed by atoms with E-state index in [-0.39, 0.29) is 41.8 Å². The summed E-state index contributed by atoms with van der Waals surface area (Å²) < 4.78 is 1.95. The second-order valence-electron chi connectivity index (χ2n) is 13.1. The molecule has 5 heterocycles. The number of likely N-dealkylation sites (tertiary alicyclic amines) is 1. The van der Waals surface area contributed by atoms with Gasteiger partial charge in [-0.15, -0.1) is 0 Å². The molecule has 0 spiro atoms. The number of amides is 4. The summed E-state index contributed by atoms with van der Waals surface area (Å²) in [5.74, 6) is 5.74. The number of nitrogens with one attached hydrogen (secondary N) is 2. The Balaban J connectivity index is 0.997. The molecule has 1 unspecified atom stereocenters. The molecule has 6 rings (SSSR count). The Labute approximate surface area is 297 Å². The van der Waals surface area contributed by atoms with Crippen molar-refractivity contribution in [3.05, 3.63) is 71.2 Å². The van der Waals surface area contributed by atoms with Gasteiger partial charge in [-0.3, -0.25) is 28.8 Å². The lowest BCUT2D eigenvalue weighted by atomic mass is 9.93. The molecule has 13 heteroatoms. The first-order valence-electron chi connectivity index (χ1n) is 17.7. The van der Waals surface area contributed by atoms with E-state index < -0.39 is 23.8 Å². The molecule has 2 fully saturated rings. The van der Waals surface area contributed by atoms with Crippen LogP contribution in [0, 0.1) is 17.8 Å². The molecule has 0 radical (unpaired) electrons. The summed E-state index contributed by atoms with van der Waals surface area (Å²) in [5, 5.41) is 10.4. The lowest BCUT2D eigenvalue weighted by Gasteiger charge is -2.37. The van der Waals surface area contributed by atoms with Gasteiger partial charge in [-0.2, -0.15) is 5.10 Å². The van der Waals surface area contributed by atoms with Crippen molar-refractivity contribution in [1.29, 1.82) is 0 Å². The number of imide groups is 1. The molecular formula is C38H44N8O5. The number of aldehydes is 1. The zero-order valence-electron chi connectivity index (χ0n) is 29.1. The molecule has 1 atom stereocenters. The zero-order valence-corrected chi connectivity index (χ0v) is 29.1. The highest BCUT2D eigenvalue weighted by atomic mass is 16.2. The van der Waals surface area contributed by atoms with Gasteiger partial charge in [0.25, 0.3) is 11.8 Å². The molecule has 13 nitrogen and oxygen atoms in total. The van der Waals surface area contributed by atoms with Crippen molar-refractivity contribution in [2.75, 3.05) is 43.4 Å². The van der Waals surface area contributed by atoms with E-state index in [1.54, 1.807) is 24.4 Å². The van der Waals surface area contributed by atoms with E-state index in [0.29, 0.717) is 31.6 Å². The minimum Gasteiger partial charge on any atom is -0.380 e. The predicted molar refractivity (Wildman–Crippen MR) is 191 cm³/mol. The molecule has 0 saturated carbocycles. The van der Waals surface area contributed by atoms with E-state index in [2.05, 4.69) is 37.5 Å². The molecule has 1 aromatic carbocycles. The topological polar surface area (TPSA) is 150 Å². The highest BCUT2D eigenvalue weighted by molar-refractivity contribution is 6.25. The van der Waals surface area contributed by atoms with Crippen LogP contribution < -0.4 is 15.5 Å². The molecule has 2 aromatic heterocycles. The Bertz CT molecular complexity index is 1830. The van der Waals surface area contributed by atoms with Gasteiger partial charge < -0.3 is 25.2 Å². The van der Waals surface area contributed by atoms with Crippen LogP contribution >= 0.6 is 0 Å². The van der Waals surface area contributed by atoms with Crippen LogP contribution in [0.25, 0.3) is 0 Å². The highest BCUT2D eigenvalue weighted by Gasteiger charge is 2.43. The minimum absolute atomic E-state index is 0.0228. The maximum Gasteiger partial charge on any atom is 0.264 e. The predicted octanol–water partition coefficient (Wildman–Crippen LogP) is 3.42. The van der Waals surface area contributed by atoms with Crippen LogP contribution in [0.15, 0.2) is 48.9 Å². The summed E-state index contributed by atoms with van der Waals surface area (Å²) in [5.41, 5.74) is 2.72. The summed E-state index contributed by atoms with van der Waals surface area (Å²) in [4.78, 5) is 73.6. The molecule has 3 aromatic rings. The first-order valence-corrected chi connectivity index (χ1v) is 17.7. The number of carbonyl (C=O) groups is 5. The molecule has 2 saturated heterocycles. The third-order valence-electron chi connectivity index (χ3n) is 9.98. The van der Waals surface area contributed by atoms with Crippen LogP contribution in [0.4, 0.5) is 11.5 Å². The van der Waals surface area contributed by atoms with Gasteiger partial charge in [0.15, 0.2) is 0 Å². The molecule has 266 valence electrons. The smallest absolute Gasteiger partial charge is 0.264 e. The molecule has 0 aliphatic carbocycles. The fourth-order valence-corrected chi connectivity index (χ4v) is 7.17. The van der Waals surface area contributed by atoms with Crippen LogP contribution in [-0.2, 0) is 20.9 Å². The van der Waals surface area contributed by atoms with Crippen molar-refractivity contribution >= 4 is 41.4 Å². The van der Waals surface area contributed by atoms with Gasteiger partial charge in [0, 0.05) is 87.7 Å². The fraction of sp³-hybridized carbons (Fsp3) is 0.447. The summed E-state index contributed by atoms with van der Waals surface area (Å²) in [7, 11) is 1.43. The van der Waals surface area contributed by atoms with E-state index in [1.165, 1.54) is 7.05 Å². The third-order valence-corrected chi connectivity index (χ3v) is 9.98. The zero-order chi connectivity index (χ0) is 35.9. The quantitative estimate of drug-likeness (QED) is 0.175. The van der Waals surface area contributed by atoms with Crippen molar-refractivity contribution in [2.45, 2.75) is 70.5 Å². The number of pyridine rings is 1. The van der Waals surface area contributed by atoms with E-state index in [4.69, 9.17) is 0 Å². The molecule has 2 N–H and O–H groups in total. The fourth-order valence-electron chi connectivity index (χ4n) is 7.17. The summed E-state index contributed by atoms with van der Waals surface area (Å²) in [6, 6.07) is 8.10. The van der Waals surface area contributed by atoms with Crippen LogP contribution in [0.1, 0.15) is 89.8 Å². The van der Waals surface area contributed by atoms with Gasteiger partial charge in [0.1, 0.15) is 18.1 Å². The van der Waals surface area contributed by atoms with Crippen LogP contribution in [0.3, 0.4) is 0 Å². The van der Waals surface area contributed by atoms with E-state index in [9.17, 15) is 24.0 Å². The number of anilines is 2. The average Bonchev–Trinajstić information content (AvgIpc) is 3.75. The van der Waals surface area contributed by atoms with E-state index in [1.807, 2.05) is 41.0 Å². The minimum atomic E-state index is -1.08. The number of benzene rings is 1. The van der Waals surface area contributed by atoms with Crippen LogP contribution in [0.5, 0.6) is 0 Å². The number of carbonyl (C=O) groups excluding carboxylic acids is 5. The van der Waals surface area contributed by atoms with Gasteiger partial charge in [-0.25, -0.2) is 4.98 Å². The lowest BCUT2D eigenvalue weighted by Crippen LogP contribution is -2.48. The van der Waals surface area contributed by atoms with Gasteiger partial charge in [0.2, 0.25) is 11.8 Å². The third kappa shape index (κ3) is 7.65. The Hall–Kier alpha value is -5.51. The number of aromatic nitrogens is 3. The van der Waals surface area contributed by atoms with Crippen molar-refractivity contribution < 1.29 is 24.0 Å². The molecule has 0 bridgehead atoms. The van der Waals surface area contributed by atoms with Crippen LogP contribution in [0.2, 0.25) is 0 Å². The summed E-state index contributed by atoms with van der Waals surface area (Å²) in [6.45, 7) is 5.37. The standard InChI is InChI=1S/C38H44N8O5/c1-3-4-7-26-11-12-33(41-22-26)43-17-13-28(14-18-43)36(49)44-19-15-29(16-20-44)45-25-27(24-42-45)23-40-31-9-5-8-30-34(31)38(51)46(37(30)50)32(10-6-21-47)35(48)39-2/h5,8-9,11-12,21-22,24-25,28-29,32,40H,3,6,10,13-20,23H2,1-2H3,(H,39,48). The number of hydrogen-bond acceptors (Lipinski definition) is 9.